The van der Waals surface area contributed by atoms with Gasteiger partial charge in [0.1, 0.15) is 0 Å². The van der Waals surface area contributed by atoms with E-state index in [2.05, 4.69) is 33.0 Å². The summed E-state index contributed by atoms with van der Waals surface area (Å²) < 4.78 is 5.33. The molecule has 1 rings (SSSR count). The fourth-order valence-electron chi connectivity index (χ4n) is 2.29. The Morgan fingerprint density at radius 2 is 2.00 bits per heavy atom. The van der Waals surface area contributed by atoms with Gasteiger partial charge < -0.3 is 10.1 Å². The summed E-state index contributed by atoms with van der Waals surface area (Å²) >= 11 is 0. The van der Waals surface area contributed by atoms with Gasteiger partial charge in [-0.25, -0.2) is 0 Å². The van der Waals surface area contributed by atoms with Crippen LogP contribution in [0.25, 0.3) is 0 Å². The fourth-order valence-corrected chi connectivity index (χ4v) is 2.29. The third kappa shape index (κ3) is 2.71. The van der Waals surface area contributed by atoms with E-state index in [1.807, 2.05) is 0 Å². The first-order valence-corrected chi connectivity index (χ1v) is 5.76. The van der Waals surface area contributed by atoms with Crippen LogP contribution in [0.5, 0.6) is 0 Å². The molecule has 2 heteroatoms. The molecule has 0 heterocycles. The molecule has 0 aliphatic heterocycles. The van der Waals surface area contributed by atoms with E-state index in [9.17, 15) is 0 Å². The zero-order valence-electron chi connectivity index (χ0n) is 10.3. The van der Waals surface area contributed by atoms with Gasteiger partial charge in [0.25, 0.3) is 0 Å². The Hall–Kier alpha value is -0.0800. The first-order valence-electron chi connectivity index (χ1n) is 5.76. The molecule has 1 aliphatic rings. The summed E-state index contributed by atoms with van der Waals surface area (Å²) in [7, 11) is 1.78. The lowest BCUT2D eigenvalue weighted by molar-refractivity contribution is 0.0779. The van der Waals surface area contributed by atoms with E-state index >= 15 is 0 Å². The number of nitrogens with one attached hydrogen (secondary N) is 1. The maximum atomic E-state index is 5.33. The van der Waals surface area contributed by atoms with Crippen LogP contribution >= 0.6 is 0 Å². The van der Waals surface area contributed by atoms with Crippen molar-refractivity contribution in [2.24, 2.45) is 5.41 Å². The van der Waals surface area contributed by atoms with Crippen LogP contribution in [0.2, 0.25) is 0 Å². The lowest BCUT2D eigenvalue weighted by atomic mass is 9.87. The first-order chi connectivity index (χ1) is 6.47. The Kier molecular flexibility index (Phi) is 3.96. The molecular weight excluding hydrogens is 174 g/mol. The molecule has 0 aromatic heterocycles. The Morgan fingerprint density at radius 1 is 1.36 bits per heavy atom. The van der Waals surface area contributed by atoms with E-state index in [0.29, 0.717) is 23.6 Å². The SMILES string of the molecule is COC(C)C(C)NC1CCCC1(C)C. The number of hydrogen-bond donors (Lipinski definition) is 1. The van der Waals surface area contributed by atoms with Crippen molar-refractivity contribution in [2.75, 3.05) is 7.11 Å². The molecule has 0 radical (unpaired) electrons. The molecule has 0 aromatic carbocycles. The van der Waals surface area contributed by atoms with Gasteiger partial charge in [-0.2, -0.15) is 0 Å². The molecule has 2 nitrogen and oxygen atoms in total. The number of methoxy groups -OCH3 is 1. The Labute approximate surface area is 88.4 Å². The molecule has 84 valence electrons. The first kappa shape index (κ1) is 12.0. The van der Waals surface area contributed by atoms with Gasteiger partial charge in [-0.05, 0) is 32.1 Å². The summed E-state index contributed by atoms with van der Waals surface area (Å²) in [6.07, 6.45) is 4.32. The minimum atomic E-state index is 0.298. The van der Waals surface area contributed by atoms with Gasteiger partial charge in [0.15, 0.2) is 0 Å². The maximum Gasteiger partial charge on any atom is 0.0693 e. The van der Waals surface area contributed by atoms with Crippen LogP contribution < -0.4 is 5.32 Å². The largest absolute Gasteiger partial charge is 0.380 e. The Balaban J connectivity index is 2.44. The molecule has 0 bridgehead atoms. The molecule has 0 saturated heterocycles. The van der Waals surface area contributed by atoms with Crippen molar-refractivity contribution in [3.63, 3.8) is 0 Å². The summed E-state index contributed by atoms with van der Waals surface area (Å²) in [5.41, 5.74) is 0.460. The second-order valence-corrected chi connectivity index (χ2v) is 5.33. The van der Waals surface area contributed by atoms with Gasteiger partial charge in [-0.1, -0.05) is 20.3 Å². The van der Waals surface area contributed by atoms with Crippen molar-refractivity contribution in [1.82, 2.24) is 5.32 Å². The number of rotatable bonds is 4. The van der Waals surface area contributed by atoms with Gasteiger partial charge in [-0.3, -0.25) is 0 Å². The monoisotopic (exact) mass is 199 g/mol. The second kappa shape index (κ2) is 4.63. The minimum Gasteiger partial charge on any atom is -0.380 e. The van der Waals surface area contributed by atoms with Crippen LogP contribution in [0.3, 0.4) is 0 Å². The molecule has 14 heavy (non-hydrogen) atoms. The highest BCUT2D eigenvalue weighted by Crippen LogP contribution is 2.37. The highest BCUT2D eigenvalue weighted by Gasteiger charge is 2.35. The zero-order valence-corrected chi connectivity index (χ0v) is 10.3. The van der Waals surface area contributed by atoms with E-state index in [1.165, 1.54) is 19.3 Å². The standard InChI is InChI=1S/C12H25NO/c1-9(10(2)14-5)13-11-7-6-8-12(11,3)4/h9-11,13H,6-8H2,1-5H3. The van der Waals surface area contributed by atoms with Crippen molar-refractivity contribution in [3.8, 4) is 0 Å². The van der Waals surface area contributed by atoms with Gasteiger partial charge in [0.05, 0.1) is 6.10 Å². The predicted octanol–water partition coefficient (Wildman–Crippen LogP) is 2.58. The molecule has 1 saturated carbocycles. The molecule has 1 aliphatic carbocycles. The van der Waals surface area contributed by atoms with Crippen LogP contribution in [-0.4, -0.2) is 25.3 Å². The summed E-state index contributed by atoms with van der Waals surface area (Å²) in [6.45, 7) is 9.06. The summed E-state index contributed by atoms with van der Waals surface area (Å²) in [5, 5.41) is 3.69. The highest BCUT2D eigenvalue weighted by molar-refractivity contribution is 4.92. The molecule has 1 N–H and O–H groups in total. The molecular formula is C12H25NO. The van der Waals surface area contributed by atoms with E-state index in [-0.39, 0.29) is 0 Å². The smallest absolute Gasteiger partial charge is 0.0693 e. The average Bonchev–Trinajstić information content (AvgIpc) is 2.44. The topological polar surface area (TPSA) is 21.3 Å². The second-order valence-electron chi connectivity index (χ2n) is 5.33. The van der Waals surface area contributed by atoms with E-state index in [1.54, 1.807) is 7.11 Å². The average molecular weight is 199 g/mol. The maximum absolute atomic E-state index is 5.33. The quantitative estimate of drug-likeness (QED) is 0.751. The molecule has 0 spiro atoms. The third-order valence-electron chi connectivity index (χ3n) is 3.80. The van der Waals surface area contributed by atoms with Crippen molar-refractivity contribution in [3.05, 3.63) is 0 Å². The van der Waals surface area contributed by atoms with Gasteiger partial charge in [-0.15, -0.1) is 0 Å². The van der Waals surface area contributed by atoms with Crippen molar-refractivity contribution in [2.45, 2.75) is 65.1 Å². The van der Waals surface area contributed by atoms with E-state index in [0.717, 1.165) is 0 Å². The summed E-state index contributed by atoms with van der Waals surface area (Å²) in [6, 6.07) is 1.11. The third-order valence-corrected chi connectivity index (χ3v) is 3.80. The summed E-state index contributed by atoms with van der Waals surface area (Å²) in [4.78, 5) is 0. The van der Waals surface area contributed by atoms with Crippen molar-refractivity contribution < 1.29 is 4.74 Å². The van der Waals surface area contributed by atoms with Crippen LogP contribution in [0.4, 0.5) is 0 Å². The van der Waals surface area contributed by atoms with Gasteiger partial charge in [0, 0.05) is 19.2 Å². The van der Waals surface area contributed by atoms with Crippen LogP contribution in [0, 0.1) is 5.41 Å². The minimum absolute atomic E-state index is 0.298. The van der Waals surface area contributed by atoms with Crippen LogP contribution in [0.1, 0.15) is 47.0 Å². The molecule has 1 fully saturated rings. The number of ether oxygens (including phenoxy) is 1. The van der Waals surface area contributed by atoms with Crippen molar-refractivity contribution >= 4 is 0 Å². The zero-order chi connectivity index (χ0) is 10.8. The number of hydrogen-bond acceptors (Lipinski definition) is 2. The Morgan fingerprint density at radius 3 is 2.43 bits per heavy atom. The molecule has 0 aromatic rings. The van der Waals surface area contributed by atoms with Crippen LogP contribution in [0.15, 0.2) is 0 Å². The predicted molar refractivity (Wildman–Crippen MR) is 60.5 cm³/mol. The Bertz CT molecular complexity index is 179. The highest BCUT2D eigenvalue weighted by atomic mass is 16.5. The van der Waals surface area contributed by atoms with Crippen LogP contribution in [-0.2, 0) is 4.74 Å². The van der Waals surface area contributed by atoms with Crippen molar-refractivity contribution in [1.29, 1.82) is 0 Å². The normalized spacial score (nSPS) is 30.2. The summed E-state index contributed by atoms with van der Waals surface area (Å²) in [5.74, 6) is 0. The lowest BCUT2D eigenvalue weighted by Gasteiger charge is -2.32. The van der Waals surface area contributed by atoms with E-state index in [4.69, 9.17) is 4.74 Å². The molecule has 0 amide bonds. The van der Waals surface area contributed by atoms with Gasteiger partial charge >= 0.3 is 0 Å². The molecule has 3 unspecified atom stereocenters. The lowest BCUT2D eigenvalue weighted by Crippen LogP contribution is -2.47. The molecule has 3 atom stereocenters. The fraction of sp³-hybridized carbons (Fsp3) is 1.00. The van der Waals surface area contributed by atoms with E-state index < -0.39 is 0 Å². The van der Waals surface area contributed by atoms with Gasteiger partial charge in [0.2, 0.25) is 0 Å².